The van der Waals surface area contributed by atoms with Crippen molar-refractivity contribution in [3.63, 3.8) is 0 Å². The molecule has 2 aromatic rings. The number of hydrogen-bond acceptors (Lipinski definition) is 3. The van der Waals surface area contributed by atoms with E-state index in [0.717, 1.165) is 17.4 Å². The molecular weight excluding hydrogens is 270 g/mol. The molecule has 0 radical (unpaired) electrons. The fourth-order valence-corrected chi connectivity index (χ4v) is 3.78. The highest BCUT2D eigenvalue weighted by atomic mass is 32.2. The predicted molar refractivity (Wildman–Crippen MR) is 85.1 cm³/mol. The summed E-state index contributed by atoms with van der Waals surface area (Å²) in [6, 6.07) is 7.46. The first-order chi connectivity index (χ1) is 9.72. The maximum absolute atomic E-state index is 12.2. The fourth-order valence-electron chi connectivity index (χ4n) is 2.54. The van der Waals surface area contributed by atoms with E-state index in [9.17, 15) is 4.79 Å². The van der Waals surface area contributed by atoms with Crippen LogP contribution in [0.3, 0.4) is 0 Å². The Labute approximate surface area is 122 Å². The smallest absolute Gasteiger partial charge is 0.267 e. The summed E-state index contributed by atoms with van der Waals surface area (Å²) >= 11 is 1.97. The van der Waals surface area contributed by atoms with Crippen molar-refractivity contribution in [1.29, 1.82) is 0 Å². The van der Waals surface area contributed by atoms with Crippen LogP contribution in [0.1, 0.15) is 29.8 Å². The van der Waals surface area contributed by atoms with Crippen LogP contribution in [0.25, 0.3) is 10.9 Å². The molecule has 1 amide bonds. The summed E-state index contributed by atoms with van der Waals surface area (Å²) in [6.07, 6.45) is 3.78. The maximum atomic E-state index is 12.2. The van der Waals surface area contributed by atoms with E-state index in [1.165, 1.54) is 25.0 Å². The number of benzene rings is 1. The van der Waals surface area contributed by atoms with Gasteiger partial charge in [0.15, 0.2) is 0 Å². The van der Waals surface area contributed by atoms with Crippen molar-refractivity contribution in [3.8, 4) is 0 Å². The first-order valence-corrected chi connectivity index (χ1v) is 8.05. The summed E-state index contributed by atoms with van der Waals surface area (Å²) in [7, 11) is 0. The van der Waals surface area contributed by atoms with Crippen LogP contribution in [-0.2, 0) is 0 Å². The number of amides is 1. The lowest BCUT2D eigenvalue weighted by atomic mass is 10.2. The van der Waals surface area contributed by atoms with Gasteiger partial charge in [0, 0.05) is 28.4 Å². The number of anilines is 1. The Balaban J connectivity index is 1.65. The third kappa shape index (κ3) is 2.93. The van der Waals surface area contributed by atoms with Crippen molar-refractivity contribution >= 4 is 34.3 Å². The van der Waals surface area contributed by atoms with E-state index >= 15 is 0 Å². The third-order valence-electron chi connectivity index (χ3n) is 3.65. The van der Waals surface area contributed by atoms with Crippen molar-refractivity contribution < 1.29 is 4.79 Å². The number of H-pyrrole nitrogens is 1. The molecule has 0 aliphatic carbocycles. The van der Waals surface area contributed by atoms with E-state index in [4.69, 9.17) is 5.73 Å². The number of carbonyl (C=O) groups excluding carboxylic acids is 1. The molecule has 1 aromatic carbocycles. The van der Waals surface area contributed by atoms with Gasteiger partial charge in [-0.15, -0.1) is 0 Å². The number of thioether (sulfide) groups is 1. The Kier molecular flexibility index (Phi) is 3.87. The lowest BCUT2D eigenvalue weighted by molar-refractivity contribution is 0.0949. The minimum absolute atomic E-state index is 0.0362. The molecule has 0 spiro atoms. The van der Waals surface area contributed by atoms with Crippen molar-refractivity contribution in [3.05, 3.63) is 30.0 Å². The van der Waals surface area contributed by atoms with Crippen molar-refractivity contribution in [2.75, 3.05) is 18.0 Å². The number of fused-ring (bicyclic) bond motifs is 1. The van der Waals surface area contributed by atoms with Gasteiger partial charge in [-0.3, -0.25) is 4.79 Å². The van der Waals surface area contributed by atoms with Gasteiger partial charge >= 0.3 is 0 Å². The normalized spacial score (nSPS) is 19.1. The fraction of sp³-hybridized carbons (Fsp3) is 0.400. The highest BCUT2D eigenvalue weighted by Gasteiger charge is 2.16. The van der Waals surface area contributed by atoms with Crippen LogP contribution in [0, 0.1) is 0 Å². The van der Waals surface area contributed by atoms with Gasteiger partial charge in [-0.2, -0.15) is 11.8 Å². The molecule has 4 nitrogen and oxygen atoms in total. The summed E-state index contributed by atoms with van der Waals surface area (Å²) in [4.78, 5) is 15.3. The SMILES string of the molecule is Nc1ccc2[nH]c(C(=O)NCC3CCCCS3)cc2c1. The molecule has 0 saturated carbocycles. The van der Waals surface area contributed by atoms with Crippen molar-refractivity contribution in [2.24, 2.45) is 0 Å². The highest BCUT2D eigenvalue weighted by molar-refractivity contribution is 7.99. The molecule has 4 N–H and O–H groups in total. The summed E-state index contributed by atoms with van der Waals surface area (Å²) in [5.41, 5.74) is 8.00. The van der Waals surface area contributed by atoms with Gasteiger partial charge in [0.2, 0.25) is 0 Å². The molecule has 2 heterocycles. The number of hydrogen-bond donors (Lipinski definition) is 3. The van der Waals surface area contributed by atoms with Crippen LogP contribution >= 0.6 is 11.8 Å². The van der Waals surface area contributed by atoms with Crippen LogP contribution in [0.2, 0.25) is 0 Å². The van der Waals surface area contributed by atoms with Crippen LogP contribution < -0.4 is 11.1 Å². The lowest BCUT2D eigenvalue weighted by Crippen LogP contribution is -2.32. The molecule has 1 aromatic heterocycles. The molecule has 3 rings (SSSR count). The van der Waals surface area contributed by atoms with Gasteiger partial charge < -0.3 is 16.0 Å². The molecule has 1 aliphatic rings. The van der Waals surface area contributed by atoms with Crippen LogP contribution in [0.5, 0.6) is 0 Å². The zero-order valence-corrected chi connectivity index (χ0v) is 12.1. The van der Waals surface area contributed by atoms with Gasteiger partial charge in [0.05, 0.1) is 0 Å². The number of rotatable bonds is 3. The molecule has 1 saturated heterocycles. The summed E-state index contributed by atoms with van der Waals surface area (Å²) in [5.74, 6) is 1.18. The summed E-state index contributed by atoms with van der Waals surface area (Å²) in [5, 5.41) is 4.56. The zero-order chi connectivity index (χ0) is 13.9. The van der Waals surface area contributed by atoms with Gasteiger partial charge in [-0.05, 0) is 42.9 Å². The number of aromatic amines is 1. The number of nitrogens with one attached hydrogen (secondary N) is 2. The lowest BCUT2D eigenvalue weighted by Gasteiger charge is -2.21. The number of carbonyl (C=O) groups is 1. The maximum Gasteiger partial charge on any atom is 0.267 e. The second-order valence-corrected chi connectivity index (χ2v) is 6.64. The quantitative estimate of drug-likeness (QED) is 0.761. The van der Waals surface area contributed by atoms with E-state index in [1.54, 1.807) is 0 Å². The van der Waals surface area contributed by atoms with E-state index in [2.05, 4.69) is 10.3 Å². The van der Waals surface area contributed by atoms with Crippen molar-refractivity contribution in [2.45, 2.75) is 24.5 Å². The molecule has 20 heavy (non-hydrogen) atoms. The molecule has 0 bridgehead atoms. The minimum Gasteiger partial charge on any atom is -0.399 e. The summed E-state index contributed by atoms with van der Waals surface area (Å²) in [6.45, 7) is 0.751. The first kappa shape index (κ1) is 13.4. The monoisotopic (exact) mass is 289 g/mol. The zero-order valence-electron chi connectivity index (χ0n) is 11.3. The van der Waals surface area contributed by atoms with Gasteiger partial charge in [-0.25, -0.2) is 0 Å². The van der Waals surface area contributed by atoms with Gasteiger partial charge in [0.25, 0.3) is 5.91 Å². The number of aromatic nitrogens is 1. The Morgan fingerprint density at radius 2 is 2.30 bits per heavy atom. The van der Waals surface area contributed by atoms with E-state index < -0.39 is 0 Å². The molecule has 1 atom stereocenters. The molecule has 1 fully saturated rings. The molecular formula is C15H19N3OS. The number of nitrogen functional groups attached to an aromatic ring is 1. The number of nitrogens with two attached hydrogens (primary N) is 1. The molecule has 1 unspecified atom stereocenters. The Hall–Kier alpha value is -1.62. The summed E-state index contributed by atoms with van der Waals surface area (Å²) < 4.78 is 0. The minimum atomic E-state index is -0.0362. The van der Waals surface area contributed by atoms with E-state index in [0.29, 0.717) is 16.6 Å². The van der Waals surface area contributed by atoms with Crippen LogP contribution in [-0.4, -0.2) is 28.4 Å². The van der Waals surface area contributed by atoms with E-state index in [-0.39, 0.29) is 5.91 Å². The second-order valence-electron chi connectivity index (χ2n) is 5.23. The Morgan fingerprint density at radius 1 is 1.40 bits per heavy atom. The molecule has 1 aliphatic heterocycles. The Bertz CT molecular complexity index is 617. The van der Waals surface area contributed by atoms with Crippen molar-refractivity contribution in [1.82, 2.24) is 10.3 Å². The van der Waals surface area contributed by atoms with Crippen LogP contribution in [0.4, 0.5) is 5.69 Å². The van der Waals surface area contributed by atoms with Gasteiger partial charge in [0.1, 0.15) is 5.69 Å². The first-order valence-electron chi connectivity index (χ1n) is 7.00. The van der Waals surface area contributed by atoms with Gasteiger partial charge in [-0.1, -0.05) is 6.42 Å². The van der Waals surface area contributed by atoms with Crippen LogP contribution in [0.15, 0.2) is 24.3 Å². The average Bonchev–Trinajstić information content (AvgIpc) is 2.89. The molecule has 106 valence electrons. The molecule has 5 heteroatoms. The average molecular weight is 289 g/mol. The predicted octanol–water partition coefficient (Wildman–Crippen LogP) is 2.77. The second kappa shape index (κ2) is 5.79. The highest BCUT2D eigenvalue weighted by Crippen LogP contribution is 2.24. The van der Waals surface area contributed by atoms with E-state index in [1.807, 2.05) is 36.0 Å². The third-order valence-corrected chi connectivity index (χ3v) is 5.05. The topological polar surface area (TPSA) is 70.9 Å². The largest absolute Gasteiger partial charge is 0.399 e. The Morgan fingerprint density at radius 3 is 3.10 bits per heavy atom. The standard InChI is InChI=1S/C15H19N3OS/c16-11-4-5-13-10(7-11)8-14(18-13)15(19)17-9-12-3-1-2-6-20-12/h4-5,7-8,12,18H,1-3,6,9,16H2,(H,17,19).